The van der Waals surface area contributed by atoms with Crippen molar-refractivity contribution < 1.29 is 12.8 Å². The minimum atomic E-state index is -3.75. The quantitative estimate of drug-likeness (QED) is 0.828. The molecule has 0 aromatic heterocycles. The van der Waals surface area contributed by atoms with Crippen LogP contribution in [0.25, 0.3) is 0 Å². The van der Waals surface area contributed by atoms with Gasteiger partial charge in [-0.1, -0.05) is 0 Å². The smallest absolute Gasteiger partial charge is 0.237 e. The molecule has 0 radical (unpaired) electrons. The molecule has 0 heterocycles. The van der Waals surface area contributed by atoms with E-state index in [1.807, 2.05) is 4.13 Å². The van der Waals surface area contributed by atoms with Crippen LogP contribution in [0, 0.1) is 0 Å². The summed E-state index contributed by atoms with van der Waals surface area (Å²) in [6, 6.07) is -1.12. The van der Waals surface area contributed by atoms with Gasteiger partial charge in [-0.25, -0.2) is 4.39 Å². The van der Waals surface area contributed by atoms with Gasteiger partial charge in [-0.3, -0.25) is 0 Å². The standard InChI is InChI=1S/C3H9Cl2FN2O2S2/c1-8(2)12(9,10)7-11(4,5)3-6/h7H,3H2,1-2H3. The highest BCUT2D eigenvalue weighted by molar-refractivity contribution is 8.66. The van der Waals surface area contributed by atoms with Gasteiger partial charge in [-0.15, -0.1) is 4.13 Å². The first-order valence-electron chi connectivity index (χ1n) is 2.68. The van der Waals surface area contributed by atoms with Crippen molar-refractivity contribution in [3.05, 3.63) is 0 Å². The predicted molar refractivity (Wildman–Crippen MR) is 51.0 cm³/mol. The Kier molecular flexibility index (Phi) is 4.56. The molecule has 0 rings (SSSR count). The van der Waals surface area contributed by atoms with E-state index in [4.69, 9.17) is 21.4 Å². The van der Waals surface area contributed by atoms with Gasteiger partial charge in [0.15, 0.2) is 6.01 Å². The molecular weight excluding hydrogens is 250 g/mol. The summed E-state index contributed by atoms with van der Waals surface area (Å²) < 4.78 is 36.7. The SMILES string of the molecule is CN(C)S(=O)(=O)NS(Cl)(Cl)CF. The van der Waals surface area contributed by atoms with Gasteiger partial charge in [-0.05, 0) is 21.4 Å². The molecule has 0 aromatic rings. The minimum Gasteiger partial charge on any atom is -0.237 e. The predicted octanol–water partition coefficient (Wildman–Crippen LogP) is 1.34. The van der Waals surface area contributed by atoms with Crippen LogP contribution in [0.2, 0.25) is 0 Å². The van der Waals surface area contributed by atoms with E-state index >= 15 is 0 Å². The molecule has 0 aliphatic heterocycles. The Morgan fingerprint density at radius 1 is 1.42 bits per heavy atom. The molecule has 4 nitrogen and oxygen atoms in total. The molecule has 0 aliphatic carbocycles. The summed E-state index contributed by atoms with van der Waals surface area (Å²) in [5, 5.41) is 0. The van der Waals surface area contributed by atoms with Gasteiger partial charge in [0, 0.05) is 22.7 Å². The second kappa shape index (κ2) is 4.30. The third kappa shape index (κ3) is 4.11. The zero-order chi connectivity index (χ0) is 9.99. The number of alkyl halides is 1. The summed E-state index contributed by atoms with van der Waals surface area (Å²) in [6.45, 7) is 0. The Morgan fingerprint density at radius 2 is 1.83 bits per heavy atom. The monoisotopic (exact) mass is 258 g/mol. The first kappa shape index (κ1) is 12.7. The van der Waals surface area contributed by atoms with Gasteiger partial charge >= 0.3 is 0 Å². The van der Waals surface area contributed by atoms with Crippen molar-refractivity contribution in [3.8, 4) is 0 Å². The zero-order valence-corrected chi connectivity index (χ0v) is 9.57. The number of hydrogen-bond donors (Lipinski definition) is 1. The molecule has 76 valence electrons. The maximum Gasteiger partial charge on any atom is 0.288 e. The molecule has 1 N–H and O–H groups in total. The van der Waals surface area contributed by atoms with Crippen molar-refractivity contribution in [1.82, 2.24) is 8.43 Å². The van der Waals surface area contributed by atoms with Gasteiger partial charge in [-0.2, -0.15) is 12.7 Å². The summed E-state index contributed by atoms with van der Waals surface area (Å²) >= 11 is 0. The largest absolute Gasteiger partial charge is 0.288 e. The molecule has 0 aromatic carbocycles. The lowest BCUT2D eigenvalue weighted by molar-refractivity contribution is 0.517. The Hall–Kier alpha value is 0.730. The topological polar surface area (TPSA) is 49.4 Å². The second-order valence-electron chi connectivity index (χ2n) is 2.06. The first-order valence-corrected chi connectivity index (χ1v) is 7.58. The molecule has 0 saturated carbocycles. The Morgan fingerprint density at radius 3 is 2.08 bits per heavy atom. The van der Waals surface area contributed by atoms with Gasteiger partial charge in [0.1, 0.15) is 0 Å². The zero-order valence-electron chi connectivity index (χ0n) is 6.42. The maximum absolute atomic E-state index is 12.0. The third-order valence-corrected chi connectivity index (χ3v) is 5.53. The van der Waals surface area contributed by atoms with Gasteiger partial charge in [0.2, 0.25) is 0 Å². The normalized spacial score (nSPS) is 15.2. The molecule has 0 bridgehead atoms. The highest BCUT2D eigenvalue weighted by Crippen LogP contribution is 2.55. The van der Waals surface area contributed by atoms with Gasteiger partial charge in [0.25, 0.3) is 10.2 Å². The van der Waals surface area contributed by atoms with Crippen LogP contribution >= 0.6 is 30.0 Å². The lowest BCUT2D eigenvalue weighted by Gasteiger charge is -2.23. The van der Waals surface area contributed by atoms with Crippen LogP contribution in [0.3, 0.4) is 0 Å². The Labute approximate surface area is 81.6 Å². The van der Waals surface area contributed by atoms with Crippen LogP contribution in [0.15, 0.2) is 0 Å². The van der Waals surface area contributed by atoms with Crippen LogP contribution in [-0.2, 0) is 10.2 Å². The fourth-order valence-electron chi connectivity index (χ4n) is 0.251. The Balaban J connectivity index is 4.47. The molecular formula is C3H9Cl2FN2O2S2. The molecule has 0 atom stereocenters. The maximum atomic E-state index is 12.0. The van der Waals surface area contributed by atoms with E-state index in [1.54, 1.807) is 0 Å². The van der Waals surface area contributed by atoms with Crippen LogP contribution in [0.4, 0.5) is 4.39 Å². The van der Waals surface area contributed by atoms with Crippen molar-refractivity contribution in [2.45, 2.75) is 0 Å². The number of nitrogens with one attached hydrogen (secondary N) is 1. The van der Waals surface area contributed by atoms with Gasteiger partial charge in [0.05, 0.1) is 0 Å². The van der Waals surface area contributed by atoms with E-state index in [2.05, 4.69) is 0 Å². The van der Waals surface area contributed by atoms with Crippen molar-refractivity contribution in [2.24, 2.45) is 0 Å². The van der Waals surface area contributed by atoms with Crippen LogP contribution in [0.1, 0.15) is 0 Å². The number of hydrogen-bond acceptors (Lipinski definition) is 2. The van der Waals surface area contributed by atoms with Crippen LogP contribution < -0.4 is 4.13 Å². The lowest BCUT2D eigenvalue weighted by atomic mass is 11.3. The minimum absolute atomic E-state index is 0.856. The fourth-order valence-corrected chi connectivity index (χ4v) is 3.69. The first-order chi connectivity index (χ1) is 5.21. The van der Waals surface area contributed by atoms with E-state index in [0.29, 0.717) is 0 Å². The van der Waals surface area contributed by atoms with E-state index in [9.17, 15) is 12.8 Å². The average molecular weight is 259 g/mol. The molecule has 0 unspecified atom stereocenters. The Bertz CT molecular complexity index is 243. The highest BCUT2D eigenvalue weighted by Gasteiger charge is 2.26. The van der Waals surface area contributed by atoms with E-state index in [-0.39, 0.29) is 0 Å². The molecule has 0 aliphatic rings. The second-order valence-corrected chi connectivity index (χ2v) is 9.41. The molecule has 0 fully saturated rings. The summed E-state index contributed by atoms with van der Waals surface area (Å²) in [5.74, 6) is 0. The number of halogens is 3. The van der Waals surface area contributed by atoms with Crippen molar-refractivity contribution in [2.75, 3.05) is 20.1 Å². The molecule has 12 heavy (non-hydrogen) atoms. The fraction of sp³-hybridized carbons (Fsp3) is 1.00. The highest BCUT2D eigenvalue weighted by atomic mass is 36.0. The van der Waals surface area contributed by atoms with Crippen LogP contribution in [-0.4, -0.2) is 32.8 Å². The molecule has 0 spiro atoms. The summed E-state index contributed by atoms with van der Waals surface area (Å²) in [5.41, 5.74) is 0. The van der Waals surface area contributed by atoms with E-state index < -0.39 is 24.9 Å². The molecule has 0 amide bonds. The van der Waals surface area contributed by atoms with E-state index in [0.717, 1.165) is 4.31 Å². The number of nitrogens with zero attached hydrogens (tertiary/aromatic N) is 1. The van der Waals surface area contributed by atoms with Crippen molar-refractivity contribution in [3.63, 3.8) is 0 Å². The van der Waals surface area contributed by atoms with E-state index in [1.165, 1.54) is 14.1 Å². The third-order valence-electron chi connectivity index (χ3n) is 0.845. The van der Waals surface area contributed by atoms with Gasteiger partial charge < -0.3 is 0 Å². The average Bonchev–Trinajstić information content (AvgIpc) is 1.85. The molecule has 9 heteroatoms. The molecule has 0 saturated heterocycles. The van der Waals surface area contributed by atoms with Crippen molar-refractivity contribution in [1.29, 1.82) is 0 Å². The summed E-state index contributed by atoms with van der Waals surface area (Å²) in [7, 11) is 6.50. The number of rotatable bonds is 4. The van der Waals surface area contributed by atoms with Crippen LogP contribution in [0.5, 0.6) is 0 Å². The lowest BCUT2D eigenvalue weighted by Crippen LogP contribution is -2.34. The van der Waals surface area contributed by atoms with Crippen molar-refractivity contribution >= 4 is 40.2 Å². The summed E-state index contributed by atoms with van der Waals surface area (Å²) in [4.78, 5) is 0. The summed E-state index contributed by atoms with van der Waals surface area (Å²) in [6.07, 6.45) is 0.